The van der Waals surface area contributed by atoms with E-state index in [1.807, 2.05) is 0 Å². The average molecular weight is 281 g/mol. The van der Waals surface area contributed by atoms with Gasteiger partial charge in [0.15, 0.2) is 0 Å². The molecule has 0 bridgehead atoms. The van der Waals surface area contributed by atoms with E-state index in [0.717, 1.165) is 5.92 Å². The van der Waals surface area contributed by atoms with E-state index in [1.165, 1.54) is 62.5 Å². The molecule has 0 amide bonds. The minimum Gasteiger partial charge on any atom is -0.193 e. The van der Waals surface area contributed by atoms with Gasteiger partial charge in [0.25, 0.3) is 0 Å². The quantitative estimate of drug-likeness (QED) is 0.635. The lowest BCUT2D eigenvalue weighted by Gasteiger charge is -2.26. The normalized spacial score (nSPS) is 22.3. The van der Waals surface area contributed by atoms with Crippen molar-refractivity contribution in [2.24, 2.45) is 11.8 Å². The first kappa shape index (κ1) is 15.8. The molecule has 0 N–H and O–H groups in total. The molecule has 112 valence electrons. The first-order chi connectivity index (χ1) is 10.3. The molecule has 1 aliphatic rings. The lowest BCUT2D eigenvalue weighted by Crippen LogP contribution is -2.13. The Balaban J connectivity index is 1.72. The predicted octanol–water partition coefficient (Wildman–Crippen LogP) is 5.46. The van der Waals surface area contributed by atoms with Crippen LogP contribution in [0.25, 0.3) is 0 Å². The van der Waals surface area contributed by atoms with Crippen molar-refractivity contribution in [3.8, 4) is 6.07 Å². The standard InChI is InChI=1S/C20H27N/c1-2-4-17-6-10-19(11-7-17)14-15-20-12-8-18(9-13-20)5-3-16-21/h3,5-7,10-11,18,20H,2,4,8-9,12-15H2,1H3/b5-3+. The Hall–Kier alpha value is -1.55. The van der Waals surface area contributed by atoms with Crippen molar-refractivity contribution in [3.05, 3.63) is 47.5 Å². The molecule has 1 saturated carbocycles. The molecule has 0 aromatic heterocycles. The smallest absolute Gasteiger partial charge is 0.0908 e. The summed E-state index contributed by atoms with van der Waals surface area (Å²) in [6.07, 6.45) is 13.9. The second kappa shape index (κ2) is 8.67. The summed E-state index contributed by atoms with van der Waals surface area (Å²) in [7, 11) is 0. The number of allylic oxidation sites excluding steroid dienone is 2. The molecule has 0 unspecified atom stereocenters. The highest BCUT2D eigenvalue weighted by atomic mass is 14.3. The van der Waals surface area contributed by atoms with Gasteiger partial charge in [-0.15, -0.1) is 0 Å². The molecule has 0 aliphatic heterocycles. The van der Waals surface area contributed by atoms with E-state index >= 15 is 0 Å². The summed E-state index contributed by atoms with van der Waals surface area (Å²) in [5.74, 6) is 1.53. The van der Waals surface area contributed by atoms with Gasteiger partial charge >= 0.3 is 0 Å². The minimum absolute atomic E-state index is 0.647. The number of nitriles is 1. The highest BCUT2D eigenvalue weighted by molar-refractivity contribution is 5.22. The van der Waals surface area contributed by atoms with E-state index in [2.05, 4.69) is 43.3 Å². The summed E-state index contributed by atoms with van der Waals surface area (Å²) >= 11 is 0. The summed E-state index contributed by atoms with van der Waals surface area (Å²) in [4.78, 5) is 0. The lowest BCUT2D eigenvalue weighted by molar-refractivity contribution is 0.296. The van der Waals surface area contributed by atoms with Crippen molar-refractivity contribution in [1.82, 2.24) is 0 Å². The summed E-state index contributed by atoms with van der Waals surface area (Å²) in [5.41, 5.74) is 2.95. The average Bonchev–Trinajstić information content (AvgIpc) is 2.53. The van der Waals surface area contributed by atoms with Gasteiger partial charge in [0.1, 0.15) is 0 Å². The molecule has 1 nitrogen and oxygen atoms in total. The molecular weight excluding hydrogens is 254 g/mol. The molecule has 0 spiro atoms. The zero-order valence-electron chi connectivity index (χ0n) is 13.2. The van der Waals surface area contributed by atoms with Crippen LogP contribution in [0.4, 0.5) is 0 Å². The van der Waals surface area contributed by atoms with E-state index in [-0.39, 0.29) is 0 Å². The first-order valence-corrected chi connectivity index (χ1v) is 8.46. The van der Waals surface area contributed by atoms with Crippen LogP contribution in [0.15, 0.2) is 36.4 Å². The van der Waals surface area contributed by atoms with E-state index in [4.69, 9.17) is 5.26 Å². The molecule has 0 heterocycles. The van der Waals surface area contributed by atoms with Gasteiger partial charge in [-0.3, -0.25) is 0 Å². The maximum absolute atomic E-state index is 8.58. The summed E-state index contributed by atoms with van der Waals surface area (Å²) in [6, 6.07) is 11.3. The van der Waals surface area contributed by atoms with Crippen molar-refractivity contribution < 1.29 is 0 Å². The molecular formula is C20H27N. The van der Waals surface area contributed by atoms with Gasteiger partial charge < -0.3 is 0 Å². The van der Waals surface area contributed by atoms with Gasteiger partial charge in [-0.05, 0) is 67.9 Å². The summed E-state index contributed by atoms with van der Waals surface area (Å²) in [6.45, 7) is 2.23. The van der Waals surface area contributed by atoms with Crippen LogP contribution in [0.2, 0.25) is 0 Å². The number of nitrogens with zero attached hydrogens (tertiary/aromatic N) is 1. The third-order valence-corrected chi connectivity index (χ3v) is 4.74. The fourth-order valence-corrected chi connectivity index (χ4v) is 3.38. The highest BCUT2D eigenvalue weighted by Gasteiger charge is 2.19. The molecule has 1 aliphatic carbocycles. The van der Waals surface area contributed by atoms with Crippen LogP contribution < -0.4 is 0 Å². The van der Waals surface area contributed by atoms with Crippen molar-refractivity contribution >= 4 is 0 Å². The Morgan fingerprint density at radius 3 is 2.24 bits per heavy atom. The summed E-state index contributed by atoms with van der Waals surface area (Å²) in [5, 5.41) is 8.58. The number of rotatable bonds is 6. The molecule has 21 heavy (non-hydrogen) atoms. The number of hydrogen-bond donors (Lipinski definition) is 0. The van der Waals surface area contributed by atoms with Gasteiger partial charge in [-0.1, -0.05) is 43.7 Å². The fraction of sp³-hybridized carbons (Fsp3) is 0.550. The SMILES string of the molecule is CCCc1ccc(CCC2CCC(/C=C/C#N)CC2)cc1. The van der Waals surface area contributed by atoms with Crippen molar-refractivity contribution in [1.29, 1.82) is 5.26 Å². The Morgan fingerprint density at radius 2 is 1.67 bits per heavy atom. The van der Waals surface area contributed by atoms with Crippen LogP contribution in [0, 0.1) is 23.2 Å². The van der Waals surface area contributed by atoms with E-state index in [0.29, 0.717) is 5.92 Å². The maximum atomic E-state index is 8.58. The van der Waals surface area contributed by atoms with E-state index in [9.17, 15) is 0 Å². The van der Waals surface area contributed by atoms with Crippen LogP contribution in [0.3, 0.4) is 0 Å². The summed E-state index contributed by atoms with van der Waals surface area (Å²) < 4.78 is 0. The van der Waals surface area contributed by atoms with Crippen LogP contribution in [0.5, 0.6) is 0 Å². The largest absolute Gasteiger partial charge is 0.193 e. The minimum atomic E-state index is 0.647. The second-order valence-corrected chi connectivity index (χ2v) is 6.37. The predicted molar refractivity (Wildman–Crippen MR) is 89.0 cm³/mol. The Kier molecular flexibility index (Phi) is 6.54. The second-order valence-electron chi connectivity index (χ2n) is 6.37. The molecule has 1 aromatic carbocycles. The molecule has 1 fully saturated rings. The van der Waals surface area contributed by atoms with Crippen molar-refractivity contribution in [2.75, 3.05) is 0 Å². The topological polar surface area (TPSA) is 23.8 Å². The zero-order valence-corrected chi connectivity index (χ0v) is 13.2. The van der Waals surface area contributed by atoms with Crippen LogP contribution >= 0.6 is 0 Å². The fourth-order valence-electron chi connectivity index (χ4n) is 3.38. The lowest BCUT2D eigenvalue weighted by atomic mass is 9.79. The Bertz CT molecular complexity index is 470. The van der Waals surface area contributed by atoms with Gasteiger partial charge in [-0.25, -0.2) is 0 Å². The first-order valence-electron chi connectivity index (χ1n) is 8.46. The van der Waals surface area contributed by atoms with E-state index < -0.39 is 0 Å². The van der Waals surface area contributed by atoms with Gasteiger partial charge in [0.2, 0.25) is 0 Å². The molecule has 1 aromatic rings. The molecule has 0 atom stereocenters. The maximum Gasteiger partial charge on any atom is 0.0908 e. The van der Waals surface area contributed by atoms with Gasteiger partial charge in [0.05, 0.1) is 6.07 Å². The number of benzene rings is 1. The van der Waals surface area contributed by atoms with Crippen LogP contribution in [0.1, 0.15) is 56.6 Å². The monoisotopic (exact) mass is 281 g/mol. The number of hydrogen-bond acceptors (Lipinski definition) is 1. The van der Waals surface area contributed by atoms with Gasteiger partial charge in [0, 0.05) is 6.08 Å². The number of aryl methyl sites for hydroxylation is 2. The van der Waals surface area contributed by atoms with Crippen molar-refractivity contribution in [3.63, 3.8) is 0 Å². The Morgan fingerprint density at radius 1 is 1.05 bits per heavy atom. The van der Waals surface area contributed by atoms with E-state index in [1.54, 1.807) is 6.08 Å². The van der Waals surface area contributed by atoms with Crippen molar-refractivity contribution in [2.45, 2.75) is 58.3 Å². The van der Waals surface area contributed by atoms with Gasteiger partial charge in [-0.2, -0.15) is 5.26 Å². The Labute approximate surface area is 129 Å². The van der Waals surface area contributed by atoms with Crippen LogP contribution in [-0.4, -0.2) is 0 Å². The molecule has 0 saturated heterocycles. The zero-order chi connectivity index (χ0) is 14.9. The third-order valence-electron chi connectivity index (χ3n) is 4.74. The third kappa shape index (κ3) is 5.38. The highest BCUT2D eigenvalue weighted by Crippen LogP contribution is 2.32. The molecule has 1 heteroatoms. The molecule has 0 radical (unpaired) electrons. The molecule has 2 rings (SSSR count). The van der Waals surface area contributed by atoms with Crippen LogP contribution in [-0.2, 0) is 12.8 Å².